The van der Waals surface area contributed by atoms with Crippen molar-refractivity contribution >= 4 is 8.32 Å². The highest BCUT2D eigenvalue weighted by atomic mass is 28.4. The van der Waals surface area contributed by atoms with Crippen molar-refractivity contribution in [2.45, 2.75) is 90.3 Å². The molecule has 0 bridgehead atoms. The van der Waals surface area contributed by atoms with E-state index in [4.69, 9.17) is 9.16 Å². The molecule has 0 radical (unpaired) electrons. The lowest BCUT2D eigenvalue weighted by molar-refractivity contribution is -0.0858. The summed E-state index contributed by atoms with van der Waals surface area (Å²) >= 11 is 0. The first-order valence-corrected chi connectivity index (χ1v) is 14.2. The van der Waals surface area contributed by atoms with Gasteiger partial charge in [-0.3, -0.25) is 28.7 Å². The molecule has 1 aliphatic heterocycles. The van der Waals surface area contributed by atoms with Crippen molar-refractivity contribution in [3.63, 3.8) is 0 Å². The van der Waals surface area contributed by atoms with Crippen molar-refractivity contribution in [2.75, 3.05) is 0 Å². The minimum atomic E-state index is -2.29. The van der Waals surface area contributed by atoms with E-state index in [1.807, 2.05) is 0 Å². The number of ether oxygens (including phenoxy) is 1. The molecule has 1 fully saturated rings. The highest BCUT2D eigenvalue weighted by Gasteiger charge is 2.47. The second kappa shape index (κ2) is 9.25. The molecule has 0 saturated carbocycles. The zero-order valence-corrected chi connectivity index (χ0v) is 21.7. The van der Waals surface area contributed by atoms with Gasteiger partial charge >= 0.3 is 11.4 Å². The summed E-state index contributed by atoms with van der Waals surface area (Å²) in [5.74, 6) is 0. The number of hydrogen-bond donors (Lipinski definition) is 3. The summed E-state index contributed by atoms with van der Waals surface area (Å²) in [4.78, 5) is 52.7. The van der Waals surface area contributed by atoms with E-state index >= 15 is 0 Å². The maximum Gasteiger partial charge on any atom is 0.330 e. The molecule has 2 aromatic rings. The summed E-state index contributed by atoms with van der Waals surface area (Å²) in [6.45, 7) is 13.5. The maximum absolute atomic E-state index is 12.5. The van der Waals surface area contributed by atoms with E-state index in [1.165, 1.54) is 21.5 Å². The molecule has 0 aliphatic carbocycles. The van der Waals surface area contributed by atoms with Crippen LogP contribution in [-0.2, 0) is 15.7 Å². The van der Waals surface area contributed by atoms with E-state index < -0.39 is 55.4 Å². The standard InChI is InChI=1S/C22H34N4O7Si/c1-12-9-25(20(30)23-18(12)28)11-14(27)17-15(33-34(6,7)22(3,4)5)8-16(32-17)26-10-13(2)19(29)24-21(26)31/h9-10,14-17,27H,8,11H2,1-7H3,(H,23,28,30)(H,24,29,31)/t14-,15-,16+,17+/m0/s1. The second-order valence-corrected chi connectivity index (χ2v) is 15.2. The van der Waals surface area contributed by atoms with Gasteiger partial charge in [0.2, 0.25) is 0 Å². The molecule has 0 spiro atoms. The minimum absolute atomic E-state index is 0.112. The van der Waals surface area contributed by atoms with Gasteiger partial charge < -0.3 is 14.3 Å². The van der Waals surface area contributed by atoms with Crippen LogP contribution in [0.3, 0.4) is 0 Å². The Labute approximate surface area is 197 Å². The average Bonchev–Trinajstić information content (AvgIpc) is 3.11. The number of nitrogens with one attached hydrogen (secondary N) is 2. The first-order valence-electron chi connectivity index (χ1n) is 11.2. The van der Waals surface area contributed by atoms with Crippen LogP contribution in [0, 0.1) is 13.8 Å². The van der Waals surface area contributed by atoms with Gasteiger partial charge in [-0.15, -0.1) is 0 Å². The van der Waals surface area contributed by atoms with Gasteiger partial charge in [-0.05, 0) is 32.0 Å². The number of aliphatic hydroxyl groups excluding tert-OH is 1. The zero-order chi connectivity index (χ0) is 25.6. The number of aromatic amines is 2. The van der Waals surface area contributed by atoms with Crippen LogP contribution in [0.1, 0.15) is 44.5 Å². The van der Waals surface area contributed by atoms with Crippen molar-refractivity contribution in [1.29, 1.82) is 0 Å². The Morgan fingerprint density at radius 3 is 2.24 bits per heavy atom. The number of aliphatic hydroxyl groups is 1. The Morgan fingerprint density at radius 1 is 1.09 bits per heavy atom. The van der Waals surface area contributed by atoms with Crippen LogP contribution in [0.25, 0.3) is 0 Å². The predicted molar refractivity (Wildman–Crippen MR) is 129 cm³/mol. The molecule has 3 rings (SSSR count). The third-order valence-electron chi connectivity index (χ3n) is 6.77. The highest BCUT2D eigenvalue weighted by Crippen LogP contribution is 2.41. The minimum Gasteiger partial charge on any atom is -0.411 e. The largest absolute Gasteiger partial charge is 0.411 e. The van der Waals surface area contributed by atoms with Gasteiger partial charge in [-0.2, -0.15) is 0 Å². The lowest BCUT2D eigenvalue weighted by atomic mass is 10.1. The van der Waals surface area contributed by atoms with E-state index in [0.29, 0.717) is 11.1 Å². The molecule has 0 unspecified atom stereocenters. The fourth-order valence-electron chi connectivity index (χ4n) is 3.71. The van der Waals surface area contributed by atoms with E-state index in [9.17, 15) is 24.3 Å². The van der Waals surface area contributed by atoms with Gasteiger partial charge in [0.05, 0.1) is 12.6 Å². The van der Waals surface area contributed by atoms with Crippen LogP contribution >= 0.6 is 0 Å². The number of H-pyrrole nitrogens is 2. The SMILES string of the molecule is Cc1cn(C[C@H](O)[C@H]2O[C@@H](n3cc(C)c(=O)[nH]c3=O)C[C@@H]2O[Si](C)(C)C(C)(C)C)c(=O)[nH]c1=O. The first kappa shape index (κ1) is 26.1. The quantitative estimate of drug-likeness (QED) is 0.502. The number of aryl methyl sites for hydroxylation is 2. The van der Waals surface area contributed by atoms with Gasteiger partial charge in [-0.25, -0.2) is 9.59 Å². The fraction of sp³-hybridized carbons (Fsp3) is 0.636. The Hall–Kier alpha value is -2.54. The Bertz CT molecular complexity index is 1280. The number of nitrogens with zero attached hydrogens (tertiary/aromatic N) is 2. The van der Waals surface area contributed by atoms with Crippen LogP contribution < -0.4 is 22.5 Å². The number of rotatable bonds is 6. The molecular weight excluding hydrogens is 460 g/mol. The average molecular weight is 495 g/mol. The second-order valence-electron chi connectivity index (χ2n) is 10.5. The molecule has 1 aliphatic rings. The van der Waals surface area contributed by atoms with Crippen molar-refractivity contribution in [2.24, 2.45) is 0 Å². The molecule has 188 valence electrons. The van der Waals surface area contributed by atoms with Crippen LogP contribution in [0.15, 0.2) is 31.6 Å². The Morgan fingerprint density at radius 2 is 1.65 bits per heavy atom. The summed E-state index contributed by atoms with van der Waals surface area (Å²) in [5, 5.41) is 11.0. The van der Waals surface area contributed by atoms with Crippen molar-refractivity contribution in [1.82, 2.24) is 19.1 Å². The predicted octanol–water partition coefficient (Wildman–Crippen LogP) is 0.742. The Balaban J connectivity index is 1.96. The number of hydrogen-bond acceptors (Lipinski definition) is 7. The molecule has 0 aromatic carbocycles. The molecule has 4 atom stereocenters. The lowest BCUT2D eigenvalue weighted by Crippen LogP contribution is -2.49. The van der Waals surface area contributed by atoms with Crippen LogP contribution in [0.4, 0.5) is 0 Å². The third-order valence-corrected chi connectivity index (χ3v) is 11.3. The summed E-state index contributed by atoms with van der Waals surface area (Å²) < 4.78 is 15.2. The monoisotopic (exact) mass is 494 g/mol. The summed E-state index contributed by atoms with van der Waals surface area (Å²) in [6, 6.07) is 0. The van der Waals surface area contributed by atoms with Crippen LogP contribution in [-0.4, -0.2) is 50.8 Å². The van der Waals surface area contributed by atoms with Crippen LogP contribution in [0.2, 0.25) is 18.1 Å². The third kappa shape index (κ3) is 5.24. The van der Waals surface area contributed by atoms with Gasteiger partial charge in [0.25, 0.3) is 11.1 Å². The highest BCUT2D eigenvalue weighted by molar-refractivity contribution is 6.74. The topological polar surface area (TPSA) is 148 Å². The smallest absolute Gasteiger partial charge is 0.330 e. The molecular formula is C22H34N4O7Si. The fourth-order valence-corrected chi connectivity index (χ4v) is 5.05. The molecule has 3 N–H and O–H groups in total. The lowest BCUT2D eigenvalue weighted by Gasteiger charge is -2.39. The molecule has 34 heavy (non-hydrogen) atoms. The van der Waals surface area contributed by atoms with Crippen molar-refractivity contribution in [3.05, 3.63) is 65.2 Å². The van der Waals surface area contributed by atoms with E-state index in [1.54, 1.807) is 13.8 Å². The molecule has 12 heteroatoms. The summed E-state index contributed by atoms with van der Waals surface area (Å²) in [6.07, 6.45) is -0.249. The maximum atomic E-state index is 12.5. The molecule has 2 aromatic heterocycles. The van der Waals surface area contributed by atoms with Gasteiger partial charge in [-0.1, -0.05) is 20.8 Å². The van der Waals surface area contributed by atoms with Crippen molar-refractivity contribution in [3.8, 4) is 0 Å². The first-order chi connectivity index (χ1) is 15.6. The molecule has 3 heterocycles. The van der Waals surface area contributed by atoms with E-state index in [-0.39, 0.29) is 18.0 Å². The normalized spacial score (nSPS) is 22.2. The van der Waals surface area contributed by atoms with E-state index in [0.717, 1.165) is 0 Å². The summed E-state index contributed by atoms with van der Waals surface area (Å²) in [5.41, 5.74) is -1.53. The van der Waals surface area contributed by atoms with Gasteiger partial charge in [0.15, 0.2) is 8.32 Å². The van der Waals surface area contributed by atoms with Gasteiger partial charge in [0.1, 0.15) is 18.4 Å². The van der Waals surface area contributed by atoms with Gasteiger partial charge in [0, 0.05) is 29.9 Å². The molecule has 11 nitrogen and oxygen atoms in total. The molecule has 1 saturated heterocycles. The zero-order valence-electron chi connectivity index (χ0n) is 20.7. The van der Waals surface area contributed by atoms with E-state index in [2.05, 4.69) is 43.8 Å². The summed E-state index contributed by atoms with van der Waals surface area (Å²) in [7, 11) is -2.29. The Kier molecular flexibility index (Phi) is 7.09. The van der Waals surface area contributed by atoms with Crippen LogP contribution in [0.5, 0.6) is 0 Å². The molecule has 0 amide bonds. The van der Waals surface area contributed by atoms with Crippen molar-refractivity contribution < 1.29 is 14.3 Å². The number of aromatic nitrogens is 4.